The molecule has 1 amide bonds. The molecule has 0 unspecified atom stereocenters. The van der Waals surface area contributed by atoms with Crippen LogP contribution in [0.4, 0.5) is 0 Å². The number of amides is 1. The number of carbonyl (C=O) groups is 2. The number of phenols is 1. The van der Waals surface area contributed by atoms with Gasteiger partial charge in [0, 0.05) is 43.6 Å². The lowest BCUT2D eigenvalue weighted by Gasteiger charge is -2.65. The Balaban J connectivity index is 1.49. The van der Waals surface area contributed by atoms with Gasteiger partial charge in [0.05, 0.1) is 17.5 Å². The highest BCUT2D eigenvalue weighted by atomic mass is 16.6. The summed E-state index contributed by atoms with van der Waals surface area (Å²) in [7, 11) is 0. The molecule has 2 bridgehead atoms. The minimum atomic E-state index is -0.852. The third-order valence-corrected chi connectivity index (χ3v) is 9.50. The van der Waals surface area contributed by atoms with E-state index in [0.29, 0.717) is 44.5 Å². The molecule has 4 aliphatic rings. The van der Waals surface area contributed by atoms with Gasteiger partial charge < -0.3 is 19.5 Å². The number of carbonyl (C=O) groups excluding carboxylic acids is 2. The number of likely N-dealkylation sites (tertiary alicyclic amines) is 1. The lowest BCUT2D eigenvalue weighted by Crippen LogP contribution is -2.79. The van der Waals surface area contributed by atoms with Crippen LogP contribution in [0.5, 0.6) is 11.5 Å². The van der Waals surface area contributed by atoms with Crippen molar-refractivity contribution in [1.29, 1.82) is 0 Å². The summed E-state index contributed by atoms with van der Waals surface area (Å²) in [4.78, 5) is 30.9. The molecule has 7 heteroatoms. The molecule has 41 heavy (non-hydrogen) atoms. The van der Waals surface area contributed by atoms with Crippen LogP contribution in [-0.4, -0.2) is 70.2 Å². The van der Waals surface area contributed by atoms with E-state index in [1.165, 1.54) is 6.92 Å². The number of ether oxygens (including phenoxy) is 2. The molecule has 2 fully saturated rings. The van der Waals surface area contributed by atoms with E-state index >= 15 is 0 Å². The van der Waals surface area contributed by atoms with Gasteiger partial charge in [-0.2, -0.15) is 0 Å². The Labute approximate surface area is 242 Å². The molecule has 2 aromatic rings. The molecule has 214 valence electrons. The molecule has 1 N–H and O–H groups in total. The van der Waals surface area contributed by atoms with E-state index in [4.69, 9.17) is 9.47 Å². The SMILES string of the molecule is C=CCN1CC[C@]23c4c5ccc(O)c4O[C@H]2[C@H](N(CC(C)C)C(=O)C#Cc2ccccc2)CC[C@@]3(OC(C)=O)[C@H]1C5. The smallest absolute Gasteiger partial charge is 0.303 e. The van der Waals surface area contributed by atoms with E-state index in [2.05, 4.69) is 37.2 Å². The molecule has 1 saturated carbocycles. The highest BCUT2D eigenvalue weighted by Gasteiger charge is 2.75. The van der Waals surface area contributed by atoms with Crippen LogP contribution in [-0.2, 0) is 26.2 Å². The molecule has 7 nitrogen and oxygen atoms in total. The fourth-order valence-corrected chi connectivity index (χ4v) is 8.22. The molecular weight excluding hydrogens is 516 g/mol. The first-order chi connectivity index (χ1) is 19.7. The Morgan fingerprint density at radius 1 is 1.24 bits per heavy atom. The average Bonchev–Trinajstić information content (AvgIpc) is 3.29. The van der Waals surface area contributed by atoms with Gasteiger partial charge in [-0.3, -0.25) is 14.5 Å². The molecule has 0 radical (unpaired) electrons. The van der Waals surface area contributed by atoms with Crippen molar-refractivity contribution >= 4 is 11.9 Å². The van der Waals surface area contributed by atoms with Crippen LogP contribution in [0, 0.1) is 17.8 Å². The number of piperidine rings is 1. The first-order valence-electron chi connectivity index (χ1n) is 14.7. The van der Waals surface area contributed by atoms with Crippen molar-refractivity contribution in [3.8, 4) is 23.3 Å². The van der Waals surface area contributed by atoms with Crippen molar-refractivity contribution in [3.05, 3.63) is 71.8 Å². The van der Waals surface area contributed by atoms with E-state index in [9.17, 15) is 14.7 Å². The molecule has 1 saturated heterocycles. The van der Waals surface area contributed by atoms with E-state index in [0.717, 1.165) is 23.2 Å². The lowest BCUT2D eigenvalue weighted by molar-refractivity contribution is -0.223. The maximum absolute atomic E-state index is 13.9. The van der Waals surface area contributed by atoms with Gasteiger partial charge in [0.1, 0.15) is 11.7 Å². The number of nitrogens with zero attached hydrogens (tertiary/aromatic N) is 2. The number of benzene rings is 2. The Morgan fingerprint density at radius 2 is 2.02 bits per heavy atom. The molecule has 2 heterocycles. The normalized spacial score (nSPS) is 29.0. The number of rotatable bonds is 6. The topological polar surface area (TPSA) is 79.3 Å². The predicted octanol–water partition coefficient (Wildman–Crippen LogP) is 4.21. The van der Waals surface area contributed by atoms with Gasteiger partial charge >= 0.3 is 5.97 Å². The predicted molar refractivity (Wildman–Crippen MR) is 155 cm³/mol. The zero-order valence-electron chi connectivity index (χ0n) is 24.1. The van der Waals surface area contributed by atoms with Gasteiger partial charge in [0.15, 0.2) is 11.5 Å². The Bertz CT molecular complexity index is 1440. The summed E-state index contributed by atoms with van der Waals surface area (Å²) in [5, 5.41) is 11.0. The summed E-state index contributed by atoms with van der Waals surface area (Å²) in [5.74, 6) is 6.12. The van der Waals surface area contributed by atoms with Crippen LogP contribution in [0.15, 0.2) is 55.1 Å². The van der Waals surface area contributed by atoms with Crippen LogP contribution in [0.25, 0.3) is 0 Å². The molecular formula is C34H38N2O5. The minimum absolute atomic E-state index is 0.0692. The number of hydrogen-bond donors (Lipinski definition) is 1. The molecule has 0 aromatic heterocycles. The van der Waals surface area contributed by atoms with Gasteiger partial charge in [0.2, 0.25) is 0 Å². The summed E-state index contributed by atoms with van der Waals surface area (Å²) < 4.78 is 13.3. The van der Waals surface area contributed by atoms with Crippen molar-refractivity contribution in [2.24, 2.45) is 5.92 Å². The van der Waals surface area contributed by atoms with Gasteiger partial charge in [-0.15, -0.1) is 6.58 Å². The quantitative estimate of drug-likeness (QED) is 0.328. The molecule has 1 spiro atoms. The zero-order valence-corrected chi connectivity index (χ0v) is 24.1. The molecule has 2 aliphatic heterocycles. The number of aromatic hydroxyl groups is 1. The summed E-state index contributed by atoms with van der Waals surface area (Å²) in [6.07, 6.45) is 3.94. The summed E-state index contributed by atoms with van der Waals surface area (Å²) in [6, 6.07) is 12.8. The first kappa shape index (κ1) is 27.4. The number of phenolic OH excluding ortho intramolecular Hbond substituents is 1. The second-order valence-corrected chi connectivity index (χ2v) is 12.3. The fourth-order valence-electron chi connectivity index (χ4n) is 8.22. The van der Waals surface area contributed by atoms with Gasteiger partial charge in [-0.1, -0.05) is 50.1 Å². The zero-order chi connectivity index (χ0) is 28.9. The highest BCUT2D eigenvalue weighted by molar-refractivity contribution is 5.94. The largest absolute Gasteiger partial charge is 0.504 e. The lowest BCUT2D eigenvalue weighted by atomic mass is 9.48. The van der Waals surface area contributed by atoms with Gasteiger partial charge in [-0.05, 0) is 55.4 Å². The minimum Gasteiger partial charge on any atom is -0.504 e. The Hall–Kier alpha value is -3.76. The third kappa shape index (κ3) is 4.15. The van der Waals surface area contributed by atoms with Crippen LogP contribution < -0.4 is 4.74 Å². The standard InChI is InChI=1S/C34H38N2O5/c1-5-18-35-19-17-33-30-25-12-13-27(38)31(30)40-32(33)26(15-16-34(33,28(35)20-25)41-23(4)37)36(21-22(2)3)29(39)14-11-24-9-7-6-8-10-24/h5-10,12-13,22,26,28,32,38H,1,15-21H2,2-4H3/t26-,28-,32+,33+,34-/m1/s1. The maximum atomic E-state index is 13.9. The highest BCUT2D eigenvalue weighted by Crippen LogP contribution is 2.67. The summed E-state index contributed by atoms with van der Waals surface area (Å²) >= 11 is 0. The average molecular weight is 555 g/mol. The van der Waals surface area contributed by atoms with Crippen molar-refractivity contribution in [2.45, 2.75) is 75.7 Å². The second-order valence-electron chi connectivity index (χ2n) is 12.3. The summed E-state index contributed by atoms with van der Waals surface area (Å²) in [6.45, 7) is 11.6. The maximum Gasteiger partial charge on any atom is 0.303 e. The van der Waals surface area contributed by atoms with Gasteiger partial charge in [0.25, 0.3) is 5.91 Å². The Kier molecular flexibility index (Phi) is 6.86. The summed E-state index contributed by atoms with van der Waals surface area (Å²) in [5.41, 5.74) is 1.29. The Morgan fingerprint density at radius 3 is 2.73 bits per heavy atom. The van der Waals surface area contributed by atoms with Crippen molar-refractivity contribution in [1.82, 2.24) is 9.80 Å². The second kappa shape index (κ2) is 10.3. The van der Waals surface area contributed by atoms with Crippen LogP contribution in [0.3, 0.4) is 0 Å². The van der Waals surface area contributed by atoms with Crippen LogP contribution >= 0.6 is 0 Å². The third-order valence-electron chi connectivity index (χ3n) is 9.50. The monoisotopic (exact) mass is 554 g/mol. The van der Waals surface area contributed by atoms with E-state index < -0.39 is 17.1 Å². The van der Waals surface area contributed by atoms with E-state index in [1.807, 2.05) is 47.4 Å². The van der Waals surface area contributed by atoms with Crippen molar-refractivity contribution in [2.75, 3.05) is 19.6 Å². The van der Waals surface area contributed by atoms with E-state index in [1.54, 1.807) is 6.07 Å². The molecule has 5 atom stereocenters. The van der Waals surface area contributed by atoms with Gasteiger partial charge in [-0.25, -0.2) is 0 Å². The van der Waals surface area contributed by atoms with Crippen molar-refractivity contribution in [3.63, 3.8) is 0 Å². The molecule has 2 aliphatic carbocycles. The van der Waals surface area contributed by atoms with E-state index in [-0.39, 0.29) is 35.6 Å². The molecule has 2 aromatic carbocycles. The van der Waals surface area contributed by atoms with Crippen molar-refractivity contribution < 1.29 is 24.2 Å². The molecule has 6 rings (SSSR count). The van der Waals surface area contributed by atoms with Crippen LogP contribution in [0.1, 0.15) is 56.7 Å². The number of hydrogen-bond acceptors (Lipinski definition) is 6. The first-order valence-corrected chi connectivity index (χ1v) is 14.7. The fraction of sp³-hybridized carbons (Fsp3) is 0.471. The number of esters is 1. The van der Waals surface area contributed by atoms with Crippen LogP contribution in [0.2, 0.25) is 0 Å².